The van der Waals surface area contributed by atoms with Gasteiger partial charge in [-0.15, -0.1) is 11.3 Å². The van der Waals surface area contributed by atoms with Crippen LogP contribution in [-0.2, 0) is 4.79 Å². The van der Waals surface area contributed by atoms with E-state index in [1.54, 1.807) is 54.6 Å². The molecule has 0 unspecified atom stereocenters. The predicted octanol–water partition coefficient (Wildman–Crippen LogP) is 7.64. The third-order valence-electron chi connectivity index (χ3n) is 5.80. The van der Waals surface area contributed by atoms with Crippen molar-refractivity contribution in [3.05, 3.63) is 124 Å². The number of thiazole rings is 1. The van der Waals surface area contributed by atoms with Gasteiger partial charge in [-0.25, -0.2) is 10.4 Å². The third kappa shape index (κ3) is 7.94. The molecular weight excluding hydrogens is 593 g/mol. The van der Waals surface area contributed by atoms with Crippen LogP contribution in [0.2, 0.25) is 10.0 Å². The van der Waals surface area contributed by atoms with Crippen LogP contribution in [0.25, 0.3) is 11.3 Å². The highest BCUT2D eigenvalue weighted by molar-refractivity contribution is 7.14. The summed E-state index contributed by atoms with van der Waals surface area (Å²) in [7, 11) is 0. The van der Waals surface area contributed by atoms with Crippen LogP contribution in [-0.4, -0.2) is 29.6 Å². The number of hydrogen-bond donors (Lipinski definition) is 3. The Morgan fingerprint density at radius 2 is 1.62 bits per heavy atom. The Morgan fingerprint density at radius 1 is 0.881 bits per heavy atom. The lowest BCUT2D eigenvalue weighted by molar-refractivity contribution is -0.118. The molecule has 2 amide bonds. The van der Waals surface area contributed by atoms with Crippen LogP contribution in [0.3, 0.4) is 0 Å². The highest BCUT2D eigenvalue weighted by atomic mass is 35.5. The molecule has 0 radical (unpaired) electrons. The molecule has 0 fully saturated rings. The second-order valence-corrected chi connectivity index (χ2v) is 10.6. The summed E-state index contributed by atoms with van der Waals surface area (Å²) in [6.45, 7) is -0.243. The molecule has 3 N–H and O–H groups in total. The lowest BCUT2D eigenvalue weighted by Crippen LogP contribution is -2.20. The molecular formula is C31H23Cl2N5O3S. The fourth-order valence-corrected chi connectivity index (χ4v) is 4.80. The number of carbonyl (C=O) groups excluding carboxylic acids is 2. The molecule has 5 rings (SSSR count). The fourth-order valence-electron chi connectivity index (χ4n) is 3.75. The summed E-state index contributed by atoms with van der Waals surface area (Å²) in [4.78, 5) is 29.6. The quantitative estimate of drug-likeness (QED) is 0.111. The number of nitrogens with zero attached hydrogens (tertiary/aromatic N) is 2. The number of carbonyl (C=O) groups is 2. The standard InChI is InChI=1S/C31H23Cl2N5O3S/c32-23-10-13-26(14-11-23)35-29(39)18-41-28-15-12-24(33)16-22(28)17-34-38-30(40)21-8-6-20(7-9-21)27-19-42-31(37-27)36-25-4-2-1-3-5-25/h1-17,19H,18H2,(H,35,39)(H,36,37)(H,38,40)/b34-17-. The van der Waals surface area contributed by atoms with Crippen molar-refractivity contribution in [2.24, 2.45) is 5.10 Å². The zero-order valence-electron chi connectivity index (χ0n) is 21.9. The van der Waals surface area contributed by atoms with Crippen LogP contribution in [0, 0.1) is 0 Å². The van der Waals surface area contributed by atoms with Gasteiger partial charge in [-0.2, -0.15) is 5.10 Å². The first-order valence-electron chi connectivity index (χ1n) is 12.6. The summed E-state index contributed by atoms with van der Waals surface area (Å²) in [5.41, 5.74) is 6.66. The lowest BCUT2D eigenvalue weighted by atomic mass is 10.1. The summed E-state index contributed by atoms with van der Waals surface area (Å²) in [5, 5.41) is 13.8. The molecule has 1 heterocycles. The largest absolute Gasteiger partial charge is 0.483 e. The smallest absolute Gasteiger partial charge is 0.271 e. The number of rotatable bonds is 10. The molecule has 5 aromatic rings. The van der Waals surface area contributed by atoms with E-state index in [1.807, 2.05) is 47.8 Å². The summed E-state index contributed by atoms with van der Waals surface area (Å²) in [5.74, 6) is -0.375. The SMILES string of the molecule is O=C(COc1ccc(Cl)cc1/C=N\NC(=O)c1ccc(-c2csc(Nc3ccccc3)n2)cc1)Nc1ccc(Cl)cc1. The Labute approximate surface area is 256 Å². The van der Waals surface area contributed by atoms with Gasteiger partial charge in [0.1, 0.15) is 5.75 Å². The van der Waals surface area contributed by atoms with Gasteiger partial charge in [0.25, 0.3) is 11.8 Å². The first-order chi connectivity index (χ1) is 20.4. The van der Waals surface area contributed by atoms with Crippen LogP contribution >= 0.6 is 34.5 Å². The third-order valence-corrected chi connectivity index (χ3v) is 7.05. The van der Waals surface area contributed by atoms with Crippen molar-refractivity contribution in [1.82, 2.24) is 10.4 Å². The van der Waals surface area contributed by atoms with Crippen molar-refractivity contribution in [3.63, 3.8) is 0 Å². The van der Waals surface area contributed by atoms with Crippen molar-refractivity contribution in [1.29, 1.82) is 0 Å². The molecule has 8 nitrogen and oxygen atoms in total. The molecule has 210 valence electrons. The molecule has 0 aliphatic rings. The van der Waals surface area contributed by atoms with Gasteiger partial charge in [0.2, 0.25) is 0 Å². The van der Waals surface area contributed by atoms with E-state index in [1.165, 1.54) is 17.6 Å². The zero-order chi connectivity index (χ0) is 29.3. The van der Waals surface area contributed by atoms with E-state index in [9.17, 15) is 9.59 Å². The Morgan fingerprint density at radius 3 is 2.38 bits per heavy atom. The first-order valence-corrected chi connectivity index (χ1v) is 14.3. The fraction of sp³-hybridized carbons (Fsp3) is 0.0323. The second-order valence-electron chi connectivity index (χ2n) is 8.83. The van der Waals surface area contributed by atoms with E-state index >= 15 is 0 Å². The Bertz CT molecular complexity index is 1710. The summed E-state index contributed by atoms with van der Waals surface area (Å²) >= 11 is 13.5. The average Bonchev–Trinajstić information content (AvgIpc) is 3.47. The van der Waals surface area contributed by atoms with Crippen molar-refractivity contribution in [2.75, 3.05) is 17.2 Å². The van der Waals surface area contributed by atoms with E-state index in [4.69, 9.17) is 27.9 Å². The number of hydrogen-bond acceptors (Lipinski definition) is 7. The van der Waals surface area contributed by atoms with E-state index < -0.39 is 5.91 Å². The average molecular weight is 617 g/mol. The molecule has 0 spiro atoms. The van der Waals surface area contributed by atoms with Crippen molar-refractivity contribution < 1.29 is 14.3 Å². The highest BCUT2D eigenvalue weighted by Gasteiger charge is 2.10. The Kier molecular flexibility index (Phi) is 9.45. The topological polar surface area (TPSA) is 105 Å². The number of anilines is 3. The normalized spacial score (nSPS) is 10.8. The van der Waals surface area contributed by atoms with Crippen molar-refractivity contribution in [2.45, 2.75) is 0 Å². The van der Waals surface area contributed by atoms with E-state index in [-0.39, 0.29) is 12.5 Å². The van der Waals surface area contributed by atoms with Gasteiger partial charge >= 0.3 is 0 Å². The predicted molar refractivity (Wildman–Crippen MR) is 169 cm³/mol. The van der Waals surface area contributed by atoms with Gasteiger partial charge in [0, 0.05) is 43.5 Å². The first kappa shape index (κ1) is 28.8. The molecule has 0 bridgehead atoms. The summed E-state index contributed by atoms with van der Waals surface area (Å²) in [6, 6.07) is 28.5. The Balaban J connectivity index is 1.16. The van der Waals surface area contributed by atoms with Crippen LogP contribution in [0.1, 0.15) is 15.9 Å². The molecule has 0 saturated heterocycles. The number of nitrogens with one attached hydrogen (secondary N) is 3. The number of benzene rings is 4. The number of halogens is 2. The minimum Gasteiger partial charge on any atom is -0.483 e. The zero-order valence-corrected chi connectivity index (χ0v) is 24.2. The maximum Gasteiger partial charge on any atom is 0.271 e. The van der Waals surface area contributed by atoms with Crippen molar-refractivity contribution >= 4 is 69.1 Å². The molecule has 42 heavy (non-hydrogen) atoms. The molecule has 0 aliphatic heterocycles. The highest BCUT2D eigenvalue weighted by Crippen LogP contribution is 2.27. The van der Waals surface area contributed by atoms with Gasteiger partial charge in [-0.05, 0) is 66.7 Å². The van der Waals surface area contributed by atoms with Crippen LogP contribution in [0.15, 0.2) is 108 Å². The van der Waals surface area contributed by atoms with Crippen LogP contribution in [0.4, 0.5) is 16.5 Å². The molecule has 0 atom stereocenters. The second kappa shape index (κ2) is 13.8. The molecule has 4 aromatic carbocycles. The Hall–Kier alpha value is -4.70. The number of hydrazone groups is 1. The number of ether oxygens (including phenoxy) is 1. The molecule has 11 heteroatoms. The van der Waals surface area contributed by atoms with Gasteiger partial charge in [-0.3, -0.25) is 9.59 Å². The van der Waals surface area contributed by atoms with E-state index in [0.717, 1.165) is 22.1 Å². The maximum atomic E-state index is 12.7. The maximum absolute atomic E-state index is 12.7. The van der Waals surface area contributed by atoms with Gasteiger partial charge in [0.15, 0.2) is 11.7 Å². The monoisotopic (exact) mass is 615 g/mol. The van der Waals surface area contributed by atoms with E-state index in [2.05, 4.69) is 26.1 Å². The summed E-state index contributed by atoms with van der Waals surface area (Å²) in [6.07, 6.45) is 1.40. The van der Waals surface area contributed by atoms with Gasteiger partial charge < -0.3 is 15.4 Å². The summed E-state index contributed by atoms with van der Waals surface area (Å²) < 4.78 is 5.67. The molecule has 1 aromatic heterocycles. The van der Waals surface area contributed by atoms with Crippen LogP contribution in [0.5, 0.6) is 5.75 Å². The van der Waals surface area contributed by atoms with Crippen LogP contribution < -0.4 is 20.8 Å². The molecule has 0 saturated carbocycles. The number of para-hydroxylation sites is 1. The van der Waals surface area contributed by atoms with Gasteiger partial charge in [0.05, 0.1) is 11.9 Å². The van der Waals surface area contributed by atoms with E-state index in [0.29, 0.717) is 32.6 Å². The minimum atomic E-state index is -0.394. The molecule has 0 aliphatic carbocycles. The number of amides is 2. The van der Waals surface area contributed by atoms with Crippen molar-refractivity contribution in [3.8, 4) is 17.0 Å². The van der Waals surface area contributed by atoms with Gasteiger partial charge in [-0.1, -0.05) is 53.5 Å². The minimum absolute atomic E-state index is 0.243. The number of aromatic nitrogens is 1. The lowest BCUT2D eigenvalue weighted by Gasteiger charge is -2.10.